The monoisotopic (exact) mass is 336 g/mol. The van der Waals surface area contributed by atoms with Gasteiger partial charge in [0.25, 0.3) is 0 Å². The van der Waals surface area contributed by atoms with E-state index in [1.54, 1.807) is 6.08 Å². The summed E-state index contributed by atoms with van der Waals surface area (Å²) in [5.74, 6) is 0.670. The van der Waals surface area contributed by atoms with E-state index >= 15 is 0 Å². The number of ether oxygens (including phenoxy) is 1. The van der Waals surface area contributed by atoms with Gasteiger partial charge in [-0.15, -0.1) is 0 Å². The second-order valence-corrected chi connectivity index (χ2v) is 9.40. The average Bonchev–Trinajstić information content (AvgIpc) is 2.44. The lowest BCUT2D eigenvalue weighted by atomic mass is 9.45. The van der Waals surface area contributed by atoms with Gasteiger partial charge in [-0.05, 0) is 75.0 Å². The summed E-state index contributed by atoms with van der Waals surface area (Å²) in [5.41, 5.74) is 0.983. The van der Waals surface area contributed by atoms with Gasteiger partial charge in [0.05, 0.1) is 12.7 Å². The molecule has 3 heteroatoms. The molecule has 0 heterocycles. The van der Waals surface area contributed by atoms with E-state index in [1.807, 2.05) is 13.8 Å². The molecule has 0 amide bonds. The Morgan fingerprint density at radius 3 is 2.50 bits per heavy atom. The highest BCUT2D eigenvalue weighted by atomic mass is 16.5. The Labute approximate surface area is 147 Å². The van der Waals surface area contributed by atoms with E-state index in [-0.39, 0.29) is 17.3 Å². The summed E-state index contributed by atoms with van der Waals surface area (Å²) in [6, 6.07) is 0. The molecule has 0 radical (unpaired) electrons. The van der Waals surface area contributed by atoms with Crippen molar-refractivity contribution in [1.82, 2.24) is 0 Å². The van der Waals surface area contributed by atoms with Gasteiger partial charge in [0.2, 0.25) is 0 Å². The summed E-state index contributed by atoms with van der Waals surface area (Å²) in [7, 11) is 1.41. The van der Waals surface area contributed by atoms with Gasteiger partial charge in [-0.3, -0.25) is 0 Å². The van der Waals surface area contributed by atoms with Gasteiger partial charge in [-0.25, -0.2) is 4.79 Å². The Bertz CT molecular complexity index is 503. The van der Waals surface area contributed by atoms with Gasteiger partial charge in [0, 0.05) is 6.08 Å². The number of aliphatic hydroxyl groups is 1. The van der Waals surface area contributed by atoms with Crippen LogP contribution in [0.25, 0.3) is 0 Å². The minimum Gasteiger partial charge on any atom is -0.466 e. The highest BCUT2D eigenvalue weighted by molar-refractivity contribution is 5.82. The number of methoxy groups -OCH3 is 1. The lowest BCUT2D eigenvalue weighted by Crippen LogP contribution is -2.57. The van der Waals surface area contributed by atoms with Crippen LogP contribution in [0.15, 0.2) is 11.6 Å². The van der Waals surface area contributed by atoms with Crippen molar-refractivity contribution >= 4 is 5.97 Å². The Balaban J connectivity index is 2.21. The lowest BCUT2D eigenvalue weighted by molar-refractivity contribution is -0.168. The Morgan fingerprint density at radius 1 is 1.21 bits per heavy atom. The lowest BCUT2D eigenvalue weighted by Gasteiger charge is -2.61. The van der Waals surface area contributed by atoms with Gasteiger partial charge in [-0.2, -0.15) is 0 Å². The van der Waals surface area contributed by atoms with Crippen LogP contribution in [-0.4, -0.2) is 23.8 Å². The maximum absolute atomic E-state index is 11.4. The molecule has 3 nitrogen and oxygen atoms in total. The molecule has 2 saturated carbocycles. The molecule has 2 rings (SSSR count). The molecule has 4 unspecified atom stereocenters. The molecule has 1 N–H and O–H groups in total. The maximum Gasteiger partial charge on any atom is 0.330 e. The third-order valence-electron chi connectivity index (χ3n) is 7.15. The van der Waals surface area contributed by atoms with Crippen LogP contribution in [-0.2, 0) is 9.53 Å². The van der Waals surface area contributed by atoms with Gasteiger partial charge in [0.15, 0.2) is 0 Å². The number of hydrogen-bond donors (Lipinski definition) is 1. The van der Waals surface area contributed by atoms with E-state index in [0.717, 1.165) is 31.3 Å². The number of esters is 1. The average molecular weight is 337 g/mol. The van der Waals surface area contributed by atoms with Crippen molar-refractivity contribution in [1.29, 1.82) is 0 Å². The standard InChI is InChI=1S/C21H36O3/c1-15(14-18(22)24-6)8-9-17-20(4)12-7-11-19(2,3)16(20)10-13-21(17,5)23/h14,16-17,23H,7-13H2,1-6H3. The Morgan fingerprint density at radius 2 is 1.88 bits per heavy atom. The minimum atomic E-state index is -0.607. The first-order valence-electron chi connectivity index (χ1n) is 9.50. The van der Waals surface area contributed by atoms with Crippen LogP contribution >= 0.6 is 0 Å². The quantitative estimate of drug-likeness (QED) is 0.588. The summed E-state index contributed by atoms with van der Waals surface area (Å²) in [4.78, 5) is 11.4. The number of allylic oxidation sites excluding steroid dienone is 1. The maximum atomic E-state index is 11.4. The summed E-state index contributed by atoms with van der Waals surface area (Å²) >= 11 is 0. The van der Waals surface area contributed by atoms with Crippen LogP contribution in [0.3, 0.4) is 0 Å². The zero-order valence-corrected chi connectivity index (χ0v) is 16.4. The van der Waals surface area contributed by atoms with E-state index in [9.17, 15) is 9.90 Å². The van der Waals surface area contributed by atoms with E-state index in [0.29, 0.717) is 11.3 Å². The molecular weight excluding hydrogens is 300 g/mol. The largest absolute Gasteiger partial charge is 0.466 e. The molecule has 0 bridgehead atoms. The predicted molar refractivity (Wildman–Crippen MR) is 97.6 cm³/mol. The fourth-order valence-electron chi connectivity index (χ4n) is 5.97. The van der Waals surface area contributed by atoms with Crippen LogP contribution in [0.5, 0.6) is 0 Å². The highest BCUT2D eigenvalue weighted by Crippen LogP contribution is 2.62. The third kappa shape index (κ3) is 3.71. The molecule has 0 spiro atoms. The topological polar surface area (TPSA) is 46.5 Å². The van der Waals surface area contributed by atoms with Crippen molar-refractivity contribution in [3.8, 4) is 0 Å². The molecular formula is C21H36O3. The molecule has 4 atom stereocenters. The van der Waals surface area contributed by atoms with E-state index in [4.69, 9.17) is 4.74 Å². The fraction of sp³-hybridized carbons (Fsp3) is 0.857. The molecule has 0 aromatic rings. The number of carbonyl (C=O) groups is 1. The van der Waals surface area contributed by atoms with Gasteiger partial charge >= 0.3 is 5.97 Å². The predicted octanol–water partition coefficient (Wildman–Crippen LogP) is 4.88. The van der Waals surface area contributed by atoms with Gasteiger partial charge < -0.3 is 9.84 Å². The summed E-state index contributed by atoms with van der Waals surface area (Å²) < 4.78 is 4.72. The SMILES string of the molecule is COC(=O)C=C(C)CCC1C(C)(O)CCC2C(C)(C)CCCC21C. The van der Waals surface area contributed by atoms with Crippen molar-refractivity contribution in [3.63, 3.8) is 0 Å². The van der Waals surface area contributed by atoms with Crippen LogP contribution in [0.2, 0.25) is 0 Å². The van der Waals surface area contributed by atoms with Gasteiger partial charge in [0.1, 0.15) is 0 Å². The van der Waals surface area contributed by atoms with E-state index in [2.05, 4.69) is 20.8 Å². The zero-order valence-electron chi connectivity index (χ0n) is 16.4. The summed E-state index contributed by atoms with van der Waals surface area (Å²) in [6.07, 6.45) is 9.15. The normalized spacial score (nSPS) is 39.2. The van der Waals surface area contributed by atoms with E-state index < -0.39 is 5.60 Å². The fourth-order valence-corrected chi connectivity index (χ4v) is 5.97. The second-order valence-electron chi connectivity index (χ2n) is 9.40. The molecule has 0 aromatic carbocycles. The van der Waals surface area contributed by atoms with Crippen molar-refractivity contribution in [3.05, 3.63) is 11.6 Å². The van der Waals surface area contributed by atoms with Crippen LogP contribution in [0.4, 0.5) is 0 Å². The van der Waals surface area contributed by atoms with E-state index in [1.165, 1.54) is 26.4 Å². The molecule has 24 heavy (non-hydrogen) atoms. The third-order valence-corrected chi connectivity index (χ3v) is 7.15. The summed E-state index contributed by atoms with van der Waals surface area (Å²) in [5, 5.41) is 11.1. The molecule has 0 saturated heterocycles. The highest BCUT2D eigenvalue weighted by Gasteiger charge is 2.57. The Kier molecular flexibility index (Phi) is 5.54. The molecule has 138 valence electrons. The van der Waals surface area contributed by atoms with Gasteiger partial charge in [-0.1, -0.05) is 32.8 Å². The number of hydrogen-bond acceptors (Lipinski definition) is 3. The van der Waals surface area contributed by atoms with Crippen molar-refractivity contribution < 1.29 is 14.6 Å². The zero-order chi connectivity index (χ0) is 18.2. The van der Waals surface area contributed by atoms with Crippen LogP contribution in [0, 0.1) is 22.7 Å². The molecule has 2 fully saturated rings. The summed E-state index contributed by atoms with van der Waals surface area (Å²) in [6.45, 7) is 11.2. The van der Waals surface area contributed by atoms with Crippen LogP contribution < -0.4 is 0 Å². The Hall–Kier alpha value is -0.830. The first-order valence-corrected chi connectivity index (χ1v) is 9.50. The number of carbonyl (C=O) groups excluding carboxylic acids is 1. The molecule has 0 aliphatic heterocycles. The molecule has 2 aliphatic carbocycles. The first-order chi connectivity index (χ1) is 11.0. The molecule has 2 aliphatic rings. The smallest absolute Gasteiger partial charge is 0.330 e. The van der Waals surface area contributed by atoms with Crippen molar-refractivity contribution in [2.75, 3.05) is 7.11 Å². The first kappa shape index (κ1) is 19.5. The number of rotatable bonds is 4. The number of fused-ring (bicyclic) bond motifs is 1. The second kappa shape index (κ2) is 6.82. The van der Waals surface area contributed by atoms with Crippen molar-refractivity contribution in [2.45, 2.75) is 85.2 Å². The minimum absolute atomic E-state index is 0.190. The molecule has 0 aromatic heterocycles. The van der Waals surface area contributed by atoms with Crippen LogP contribution in [0.1, 0.15) is 79.6 Å². The van der Waals surface area contributed by atoms with Crippen molar-refractivity contribution in [2.24, 2.45) is 22.7 Å².